The van der Waals surface area contributed by atoms with Crippen molar-refractivity contribution in [2.24, 2.45) is 0 Å². The Bertz CT molecular complexity index is 1610. The van der Waals surface area contributed by atoms with E-state index < -0.39 is 21.8 Å². The predicted molar refractivity (Wildman–Crippen MR) is 121 cm³/mol. The highest BCUT2D eigenvalue weighted by Gasteiger charge is 2.31. The Balaban J connectivity index is 1.78. The monoisotopic (exact) mass is 466 g/mol. The van der Waals surface area contributed by atoms with Crippen LogP contribution < -0.4 is 0 Å². The van der Waals surface area contributed by atoms with Crippen LogP contribution in [0, 0.1) is 6.92 Å². The van der Waals surface area contributed by atoms with Gasteiger partial charge >= 0.3 is 6.18 Å². The standard InChI is InChI=1S/C25H17F3N2O2S/c1-16-24(22-15-29-14-17-6-2-3-7-20(17)22)21-8-4-5-9-23(21)30(16)33(31,32)19-12-10-18(11-13-19)25(26,27)28/h2-15H,1H3. The van der Waals surface area contributed by atoms with Crippen molar-refractivity contribution in [2.45, 2.75) is 18.0 Å². The molecule has 0 aliphatic rings. The van der Waals surface area contributed by atoms with Gasteiger partial charge in [-0.2, -0.15) is 13.2 Å². The molecule has 5 aromatic rings. The molecule has 0 aliphatic carbocycles. The minimum Gasteiger partial charge on any atom is -0.263 e. The van der Waals surface area contributed by atoms with Crippen LogP contribution in [0.4, 0.5) is 13.2 Å². The largest absolute Gasteiger partial charge is 0.416 e. The van der Waals surface area contributed by atoms with Crippen molar-refractivity contribution < 1.29 is 21.6 Å². The van der Waals surface area contributed by atoms with E-state index in [9.17, 15) is 21.6 Å². The average molecular weight is 466 g/mol. The second kappa shape index (κ2) is 7.45. The Morgan fingerprint density at radius 2 is 1.45 bits per heavy atom. The van der Waals surface area contributed by atoms with Crippen LogP contribution in [0.5, 0.6) is 0 Å². The number of para-hydroxylation sites is 1. The van der Waals surface area contributed by atoms with Crippen molar-refractivity contribution in [1.82, 2.24) is 8.96 Å². The molecule has 0 amide bonds. The van der Waals surface area contributed by atoms with Gasteiger partial charge in [0.25, 0.3) is 10.0 Å². The molecule has 2 heterocycles. The number of pyridine rings is 1. The number of nitrogens with zero attached hydrogens (tertiary/aromatic N) is 2. The summed E-state index contributed by atoms with van der Waals surface area (Å²) < 4.78 is 67.3. The third-order valence-corrected chi connectivity index (χ3v) is 7.54. The van der Waals surface area contributed by atoms with E-state index in [-0.39, 0.29) is 4.90 Å². The van der Waals surface area contributed by atoms with Gasteiger partial charge in [0.1, 0.15) is 0 Å². The molecule has 4 nitrogen and oxygen atoms in total. The van der Waals surface area contributed by atoms with Crippen molar-refractivity contribution >= 4 is 31.7 Å². The molecule has 5 rings (SSSR count). The van der Waals surface area contributed by atoms with E-state index >= 15 is 0 Å². The lowest BCUT2D eigenvalue weighted by Gasteiger charge is -2.12. The highest BCUT2D eigenvalue weighted by atomic mass is 32.2. The quantitative estimate of drug-likeness (QED) is 0.308. The van der Waals surface area contributed by atoms with Crippen LogP contribution in [-0.2, 0) is 16.2 Å². The van der Waals surface area contributed by atoms with Gasteiger partial charge in [0.15, 0.2) is 0 Å². The van der Waals surface area contributed by atoms with Gasteiger partial charge in [-0.3, -0.25) is 4.98 Å². The zero-order chi connectivity index (χ0) is 23.4. The van der Waals surface area contributed by atoms with Crippen LogP contribution >= 0.6 is 0 Å². The fourth-order valence-electron chi connectivity index (χ4n) is 4.23. The minimum absolute atomic E-state index is 0.220. The molecule has 0 spiro atoms. The predicted octanol–water partition coefficient (Wildman–Crippen LogP) is 6.42. The molecule has 0 saturated carbocycles. The molecule has 2 aromatic heterocycles. The van der Waals surface area contributed by atoms with Crippen molar-refractivity contribution in [3.8, 4) is 11.1 Å². The second-order valence-corrected chi connectivity index (χ2v) is 9.46. The van der Waals surface area contributed by atoms with Gasteiger partial charge in [-0.05, 0) is 42.6 Å². The van der Waals surface area contributed by atoms with Crippen molar-refractivity contribution in [3.63, 3.8) is 0 Å². The Kier molecular flexibility index (Phi) is 4.79. The average Bonchev–Trinajstić information content (AvgIpc) is 3.10. The van der Waals surface area contributed by atoms with Crippen LogP contribution in [0.3, 0.4) is 0 Å². The van der Waals surface area contributed by atoms with Gasteiger partial charge in [-0.1, -0.05) is 42.5 Å². The molecule has 0 atom stereocenters. The SMILES string of the molecule is Cc1c(-c2cncc3ccccc23)c2ccccc2n1S(=O)(=O)c1ccc(C(F)(F)F)cc1. The molecule has 0 bridgehead atoms. The minimum atomic E-state index is -4.55. The molecule has 0 aliphatic heterocycles. The van der Waals surface area contributed by atoms with Gasteiger partial charge in [-0.25, -0.2) is 12.4 Å². The summed E-state index contributed by atoms with van der Waals surface area (Å²) in [5.41, 5.74) is 1.48. The first-order valence-corrected chi connectivity index (χ1v) is 11.5. The van der Waals surface area contributed by atoms with Crippen LogP contribution in [0.1, 0.15) is 11.3 Å². The molecule has 3 aromatic carbocycles. The van der Waals surface area contributed by atoms with Gasteiger partial charge in [-0.15, -0.1) is 0 Å². The Hall–Kier alpha value is -3.65. The van der Waals surface area contributed by atoms with E-state index in [1.807, 2.05) is 36.4 Å². The number of aromatic nitrogens is 2. The van der Waals surface area contributed by atoms with Gasteiger partial charge < -0.3 is 0 Å². The highest BCUT2D eigenvalue weighted by Crippen LogP contribution is 2.39. The number of alkyl halides is 3. The van der Waals surface area contributed by atoms with E-state index in [2.05, 4.69) is 4.98 Å². The van der Waals surface area contributed by atoms with Crippen molar-refractivity contribution in [1.29, 1.82) is 0 Å². The topological polar surface area (TPSA) is 52.0 Å². The number of hydrogen-bond acceptors (Lipinski definition) is 3. The van der Waals surface area contributed by atoms with E-state index in [1.165, 1.54) is 3.97 Å². The number of hydrogen-bond donors (Lipinski definition) is 0. The summed E-state index contributed by atoms with van der Waals surface area (Å²) >= 11 is 0. The van der Waals surface area contributed by atoms with Crippen LogP contribution in [-0.4, -0.2) is 17.4 Å². The van der Waals surface area contributed by atoms with Crippen molar-refractivity contribution in [3.05, 3.63) is 96.4 Å². The van der Waals surface area contributed by atoms with E-state index in [1.54, 1.807) is 31.5 Å². The number of halogens is 3. The molecule has 8 heteroatoms. The third-order valence-electron chi connectivity index (χ3n) is 5.72. The molecule has 0 saturated heterocycles. The normalized spacial score (nSPS) is 12.5. The molecule has 166 valence electrons. The highest BCUT2D eigenvalue weighted by molar-refractivity contribution is 7.90. The maximum Gasteiger partial charge on any atom is 0.416 e. The number of fused-ring (bicyclic) bond motifs is 2. The molecule has 0 fully saturated rings. The van der Waals surface area contributed by atoms with E-state index in [4.69, 9.17) is 0 Å². The Labute approximate surface area is 188 Å². The molecule has 33 heavy (non-hydrogen) atoms. The van der Waals surface area contributed by atoms with Crippen LogP contribution in [0.2, 0.25) is 0 Å². The maximum absolute atomic E-state index is 13.6. The van der Waals surface area contributed by atoms with E-state index in [0.29, 0.717) is 22.2 Å². The second-order valence-electron chi connectivity index (χ2n) is 7.68. The zero-order valence-corrected chi connectivity index (χ0v) is 18.2. The molecule has 0 unspecified atom stereocenters. The fourth-order valence-corrected chi connectivity index (χ4v) is 5.79. The van der Waals surface area contributed by atoms with Crippen LogP contribution in [0.15, 0.2) is 90.1 Å². The summed E-state index contributed by atoms with van der Waals surface area (Å²) in [5, 5.41) is 2.55. The summed E-state index contributed by atoms with van der Waals surface area (Å²) in [4.78, 5) is 4.11. The van der Waals surface area contributed by atoms with Crippen molar-refractivity contribution in [2.75, 3.05) is 0 Å². The lowest BCUT2D eigenvalue weighted by atomic mass is 9.98. The van der Waals surface area contributed by atoms with Gasteiger partial charge in [0.2, 0.25) is 0 Å². The summed E-state index contributed by atoms with van der Waals surface area (Å²) in [7, 11) is -4.17. The third kappa shape index (κ3) is 3.38. The lowest BCUT2D eigenvalue weighted by molar-refractivity contribution is -0.137. The number of rotatable bonds is 3. The number of benzene rings is 3. The maximum atomic E-state index is 13.6. The first kappa shape index (κ1) is 21.2. The first-order chi connectivity index (χ1) is 15.7. The smallest absolute Gasteiger partial charge is 0.263 e. The molecular formula is C25H17F3N2O2S. The summed E-state index contributed by atoms with van der Waals surface area (Å²) in [5.74, 6) is 0. The van der Waals surface area contributed by atoms with Gasteiger partial charge in [0.05, 0.1) is 16.0 Å². The summed E-state index contributed by atoms with van der Waals surface area (Å²) in [6.07, 6.45) is -1.11. The summed E-state index contributed by atoms with van der Waals surface area (Å²) in [6.45, 7) is 1.69. The summed E-state index contributed by atoms with van der Waals surface area (Å²) in [6, 6.07) is 18.3. The molecular weight excluding hydrogens is 449 g/mol. The molecule has 0 radical (unpaired) electrons. The Morgan fingerprint density at radius 1 is 0.818 bits per heavy atom. The molecule has 0 N–H and O–H groups in total. The first-order valence-electron chi connectivity index (χ1n) is 10.1. The van der Waals surface area contributed by atoms with Crippen LogP contribution in [0.25, 0.3) is 32.8 Å². The zero-order valence-electron chi connectivity index (χ0n) is 17.3. The Morgan fingerprint density at radius 3 is 2.15 bits per heavy atom. The lowest BCUT2D eigenvalue weighted by Crippen LogP contribution is -2.15. The van der Waals surface area contributed by atoms with Gasteiger partial charge in [0, 0.05) is 40.0 Å². The fraction of sp³-hybridized carbons (Fsp3) is 0.0800. The van der Waals surface area contributed by atoms with E-state index in [0.717, 1.165) is 40.6 Å².